The number of aromatic amines is 1. The zero-order valence-electron chi connectivity index (χ0n) is 13.9. The van der Waals surface area contributed by atoms with Gasteiger partial charge in [0.15, 0.2) is 0 Å². The molecular formula is C17H22N6O2. The lowest BCUT2D eigenvalue weighted by Crippen LogP contribution is -2.40. The average molecular weight is 342 g/mol. The number of likely N-dealkylation sites (tertiary alicyclic amines) is 1. The largest absolute Gasteiger partial charge is 0.383 e. The number of anilines is 1. The minimum Gasteiger partial charge on any atom is -0.383 e. The van der Waals surface area contributed by atoms with Gasteiger partial charge < -0.3 is 16.0 Å². The van der Waals surface area contributed by atoms with Gasteiger partial charge in [-0.3, -0.25) is 19.5 Å². The fourth-order valence-corrected chi connectivity index (χ4v) is 3.11. The molecule has 0 aromatic carbocycles. The van der Waals surface area contributed by atoms with Crippen LogP contribution in [0.1, 0.15) is 30.3 Å². The molecule has 1 fully saturated rings. The van der Waals surface area contributed by atoms with Gasteiger partial charge >= 0.3 is 0 Å². The second-order valence-corrected chi connectivity index (χ2v) is 6.09. The Morgan fingerprint density at radius 3 is 2.88 bits per heavy atom. The summed E-state index contributed by atoms with van der Waals surface area (Å²) in [6.45, 7) is 2.17. The van der Waals surface area contributed by atoms with E-state index < -0.39 is 0 Å². The van der Waals surface area contributed by atoms with E-state index >= 15 is 0 Å². The lowest BCUT2D eigenvalue weighted by Gasteiger charge is -2.26. The molecule has 2 aromatic rings. The van der Waals surface area contributed by atoms with E-state index in [4.69, 9.17) is 5.73 Å². The molecule has 2 aromatic heterocycles. The first-order valence-corrected chi connectivity index (χ1v) is 8.41. The maximum absolute atomic E-state index is 12.8. The van der Waals surface area contributed by atoms with Crippen molar-refractivity contribution in [2.24, 2.45) is 0 Å². The van der Waals surface area contributed by atoms with Crippen LogP contribution in [0, 0.1) is 0 Å². The van der Waals surface area contributed by atoms with Crippen molar-refractivity contribution in [2.45, 2.75) is 25.3 Å². The molecule has 1 saturated heterocycles. The van der Waals surface area contributed by atoms with E-state index in [1.54, 1.807) is 12.4 Å². The summed E-state index contributed by atoms with van der Waals surface area (Å²) in [5, 5.41) is 2.93. The molecule has 3 rings (SSSR count). The average Bonchev–Trinajstić information content (AvgIpc) is 3.09. The number of nitrogens with one attached hydrogen (secondary N) is 2. The van der Waals surface area contributed by atoms with Gasteiger partial charge in [0, 0.05) is 31.4 Å². The molecule has 0 radical (unpaired) electrons. The highest BCUT2D eigenvalue weighted by Crippen LogP contribution is 2.24. The van der Waals surface area contributed by atoms with Gasteiger partial charge in [-0.25, -0.2) is 4.98 Å². The SMILES string of the molecule is Nc1cc(=O)[nH]c(CCNC(=O)[C@@H](c2cccnc2)N2CCCC2)n1. The summed E-state index contributed by atoms with van der Waals surface area (Å²) in [5.74, 6) is 0.570. The minimum absolute atomic E-state index is 0.0684. The number of nitrogens with two attached hydrogens (primary N) is 1. The van der Waals surface area contributed by atoms with E-state index in [2.05, 4.69) is 25.2 Å². The first-order chi connectivity index (χ1) is 12.1. The predicted molar refractivity (Wildman–Crippen MR) is 93.8 cm³/mol. The summed E-state index contributed by atoms with van der Waals surface area (Å²) in [5.41, 5.74) is 6.16. The van der Waals surface area contributed by atoms with Crippen LogP contribution in [0.5, 0.6) is 0 Å². The summed E-state index contributed by atoms with van der Waals surface area (Å²) in [4.78, 5) is 37.1. The van der Waals surface area contributed by atoms with Crippen LogP contribution in [-0.2, 0) is 11.2 Å². The van der Waals surface area contributed by atoms with Gasteiger partial charge in [-0.2, -0.15) is 0 Å². The molecule has 1 aliphatic rings. The van der Waals surface area contributed by atoms with Gasteiger partial charge in [-0.05, 0) is 37.6 Å². The van der Waals surface area contributed by atoms with Crippen molar-refractivity contribution in [1.82, 2.24) is 25.2 Å². The van der Waals surface area contributed by atoms with Gasteiger partial charge in [0.2, 0.25) is 5.91 Å². The Morgan fingerprint density at radius 2 is 2.20 bits per heavy atom. The van der Waals surface area contributed by atoms with Crippen LogP contribution in [0.2, 0.25) is 0 Å². The Morgan fingerprint density at radius 1 is 1.40 bits per heavy atom. The third kappa shape index (κ3) is 4.42. The number of nitrogens with zero attached hydrogens (tertiary/aromatic N) is 3. The fourth-order valence-electron chi connectivity index (χ4n) is 3.11. The number of aromatic nitrogens is 3. The molecule has 4 N–H and O–H groups in total. The number of hydrogen-bond acceptors (Lipinski definition) is 6. The molecule has 25 heavy (non-hydrogen) atoms. The summed E-state index contributed by atoms with van der Waals surface area (Å²) >= 11 is 0. The van der Waals surface area contributed by atoms with E-state index in [1.165, 1.54) is 6.07 Å². The molecule has 1 aliphatic heterocycles. The van der Waals surface area contributed by atoms with Crippen molar-refractivity contribution in [1.29, 1.82) is 0 Å². The molecule has 132 valence electrons. The van der Waals surface area contributed by atoms with E-state index in [0.29, 0.717) is 18.8 Å². The molecule has 0 spiro atoms. The molecule has 0 bridgehead atoms. The lowest BCUT2D eigenvalue weighted by molar-refractivity contribution is -0.126. The maximum atomic E-state index is 12.8. The lowest BCUT2D eigenvalue weighted by atomic mass is 10.1. The van der Waals surface area contributed by atoms with Crippen LogP contribution in [0.15, 0.2) is 35.4 Å². The minimum atomic E-state index is -0.343. The number of pyridine rings is 1. The van der Waals surface area contributed by atoms with Crippen LogP contribution in [0.4, 0.5) is 5.82 Å². The van der Waals surface area contributed by atoms with Crippen LogP contribution in [0.25, 0.3) is 0 Å². The Labute approximate surface area is 145 Å². The smallest absolute Gasteiger partial charge is 0.252 e. The van der Waals surface area contributed by atoms with Gasteiger partial charge in [-0.1, -0.05) is 6.07 Å². The molecule has 8 heteroatoms. The molecule has 3 heterocycles. The zero-order chi connectivity index (χ0) is 17.6. The van der Waals surface area contributed by atoms with Gasteiger partial charge in [-0.15, -0.1) is 0 Å². The van der Waals surface area contributed by atoms with Crippen molar-refractivity contribution in [3.05, 3.63) is 52.3 Å². The predicted octanol–water partition coefficient (Wildman–Crippen LogP) is 0.243. The normalized spacial score (nSPS) is 15.8. The van der Waals surface area contributed by atoms with Crippen molar-refractivity contribution < 1.29 is 4.79 Å². The van der Waals surface area contributed by atoms with E-state index in [9.17, 15) is 9.59 Å². The fraction of sp³-hybridized carbons (Fsp3) is 0.412. The van der Waals surface area contributed by atoms with E-state index in [-0.39, 0.29) is 23.3 Å². The standard InChI is InChI=1S/C17H22N6O2/c18-13-10-15(24)22-14(21-13)5-7-20-17(25)16(23-8-1-2-9-23)12-4-3-6-19-11-12/h3-4,6,10-11,16H,1-2,5,7-9H2,(H,20,25)(H3,18,21,22,24)/t16-/m1/s1. The first kappa shape index (κ1) is 17.1. The molecule has 0 unspecified atom stereocenters. The van der Waals surface area contributed by atoms with Crippen LogP contribution < -0.4 is 16.6 Å². The number of carbonyl (C=O) groups excluding carboxylic acids is 1. The molecule has 8 nitrogen and oxygen atoms in total. The molecule has 0 aliphatic carbocycles. The number of nitrogen functional groups attached to an aromatic ring is 1. The Bertz CT molecular complexity index is 770. The number of carbonyl (C=O) groups is 1. The Kier molecular flexibility index (Phi) is 5.39. The van der Waals surface area contributed by atoms with Crippen LogP contribution in [0.3, 0.4) is 0 Å². The Hall–Kier alpha value is -2.74. The summed E-state index contributed by atoms with van der Waals surface area (Å²) in [7, 11) is 0. The second-order valence-electron chi connectivity index (χ2n) is 6.09. The van der Waals surface area contributed by atoms with Crippen molar-refractivity contribution in [2.75, 3.05) is 25.4 Å². The summed E-state index contributed by atoms with van der Waals surface area (Å²) < 4.78 is 0. The number of amides is 1. The second kappa shape index (κ2) is 7.89. The van der Waals surface area contributed by atoms with Crippen molar-refractivity contribution >= 4 is 11.7 Å². The van der Waals surface area contributed by atoms with E-state index in [1.807, 2.05) is 12.1 Å². The maximum Gasteiger partial charge on any atom is 0.252 e. The summed E-state index contributed by atoms with van der Waals surface area (Å²) in [6.07, 6.45) is 6.03. The number of H-pyrrole nitrogens is 1. The van der Waals surface area contributed by atoms with E-state index in [0.717, 1.165) is 31.5 Å². The highest BCUT2D eigenvalue weighted by Gasteiger charge is 2.29. The zero-order valence-corrected chi connectivity index (χ0v) is 13.9. The molecule has 1 atom stereocenters. The quantitative estimate of drug-likeness (QED) is 0.692. The van der Waals surface area contributed by atoms with Crippen LogP contribution in [-0.4, -0.2) is 45.4 Å². The monoisotopic (exact) mass is 342 g/mol. The van der Waals surface area contributed by atoms with Crippen LogP contribution >= 0.6 is 0 Å². The number of rotatable bonds is 6. The molecular weight excluding hydrogens is 320 g/mol. The van der Waals surface area contributed by atoms with Crippen molar-refractivity contribution in [3.8, 4) is 0 Å². The van der Waals surface area contributed by atoms with Gasteiger partial charge in [0.1, 0.15) is 17.7 Å². The van der Waals surface area contributed by atoms with Gasteiger partial charge in [0.25, 0.3) is 5.56 Å². The topological polar surface area (TPSA) is 117 Å². The Balaban J connectivity index is 1.65. The third-order valence-corrected chi connectivity index (χ3v) is 4.23. The first-order valence-electron chi connectivity index (χ1n) is 8.41. The highest BCUT2D eigenvalue weighted by molar-refractivity contribution is 5.83. The summed E-state index contributed by atoms with van der Waals surface area (Å²) in [6, 6.07) is 4.65. The molecule has 1 amide bonds. The number of hydrogen-bond donors (Lipinski definition) is 3. The third-order valence-electron chi connectivity index (χ3n) is 4.23. The molecule has 0 saturated carbocycles. The van der Waals surface area contributed by atoms with Gasteiger partial charge in [0.05, 0.1) is 0 Å². The van der Waals surface area contributed by atoms with Crippen molar-refractivity contribution in [3.63, 3.8) is 0 Å². The highest BCUT2D eigenvalue weighted by atomic mass is 16.2.